The van der Waals surface area contributed by atoms with Gasteiger partial charge in [-0.15, -0.1) is 0 Å². The summed E-state index contributed by atoms with van der Waals surface area (Å²) >= 11 is 0. The third kappa shape index (κ3) is 1.92. The summed E-state index contributed by atoms with van der Waals surface area (Å²) in [4.78, 5) is 11.7. The summed E-state index contributed by atoms with van der Waals surface area (Å²) in [7, 11) is 0. The van der Waals surface area contributed by atoms with Crippen molar-refractivity contribution in [2.24, 2.45) is 11.3 Å². The van der Waals surface area contributed by atoms with Crippen molar-refractivity contribution in [1.82, 2.24) is 5.32 Å². The summed E-state index contributed by atoms with van der Waals surface area (Å²) in [5.74, 6) is 0.453. The highest BCUT2D eigenvalue weighted by Crippen LogP contribution is 2.72. The van der Waals surface area contributed by atoms with Gasteiger partial charge in [-0.05, 0) is 51.4 Å². The molecule has 0 aromatic carbocycles. The van der Waals surface area contributed by atoms with Crippen molar-refractivity contribution in [2.45, 2.75) is 58.1 Å². The Morgan fingerprint density at radius 2 is 2.06 bits per heavy atom. The van der Waals surface area contributed by atoms with Crippen LogP contribution in [0.25, 0.3) is 0 Å². The third-order valence-corrected chi connectivity index (χ3v) is 4.44. The monoisotopic (exact) mass is 241 g/mol. The molecule has 98 valence electrons. The van der Waals surface area contributed by atoms with E-state index in [1.54, 1.807) is 0 Å². The van der Waals surface area contributed by atoms with Gasteiger partial charge in [-0.25, -0.2) is 4.79 Å². The molecule has 0 radical (unpaired) electrons. The molecule has 17 heavy (non-hydrogen) atoms. The molecule has 4 nitrogen and oxygen atoms in total. The van der Waals surface area contributed by atoms with E-state index in [1.165, 1.54) is 0 Å². The van der Waals surface area contributed by atoms with Crippen molar-refractivity contribution < 1.29 is 14.6 Å². The number of hydrogen-bond donors (Lipinski definition) is 2. The van der Waals surface area contributed by atoms with Crippen LogP contribution in [0.4, 0.5) is 4.79 Å². The summed E-state index contributed by atoms with van der Waals surface area (Å²) in [5, 5.41) is 12.0. The Morgan fingerprint density at radius 1 is 1.47 bits per heavy atom. The highest BCUT2D eigenvalue weighted by atomic mass is 16.6. The number of rotatable bonds is 3. The first kappa shape index (κ1) is 12.7. The Bertz CT molecular complexity index is 326. The van der Waals surface area contributed by atoms with Gasteiger partial charge >= 0.3 is 6.09 Å². The van der Waals surface area contributed by atoms with E-state index in [1.807, 2.05) is 20.8 Å². The second-order valence-corrected chi connectivity index (χ2v) is 6.69. The van der Waals surface area contributed by atoms with Crippen molar-refractivity contribution in [2.75, 3.05) is 6.61 Å². The van der Waals surface area contributed by atoms with E-state index in [0.29, 0.717) is 5.92 Å². The maximum atomic E-state index is 11.7. The molecule has 3 rings (SSSR count). The topological polar surface area (TPSA) is 58.6 Å². The zero-order valence-corrected chi connectivity index (χ0v) is 11.2. The lowest BCUT2D eigenvalue weighted by Crippen LogP contribution is -2.81. The first-order chi connectivity index (χ1) is 7.73. The Morgan fingerprint density at radius 3 is 2.47 bits per heavy atom. The normalized spacial score (nSPS) is 39.0. The number of carbonyl (C=O) groups is 1. The van der Waals surface area contributed by atoms with E-state index in [4.69, 9.17) is 9.84 Å². The second kappa shape index (κ2) is 3.61. The van der Waals surface area contributed by atoms with Gasteiger partial charge in [-0.2, -0.15) is 0 Å². The molecule has 0 aromatic heterocycles. The number of nitrogens with one attached hydrogen (secondary N) is 1. The van der Waals surface area contributed by atoms with E-state index in [-0.39, 0.29) is 23.7 Å². The lowest BCUT2D eigenvalue weighted by Gasteiger charge is -2.75. The van der Waals surface area contributed by atoms with Gasteiger partial charge in [-0.1, -0.05) is 6.92 Å². The molecule has 3 aliphatic rings. The van der Waals surface area contributed by atoms with Crippen LogP contribution in [-0.4, -0.2) is 28.9 Å². The minimum absolute atomic E-state index is 0.0580. The second-order valence-electron chi connectivity index (χ2n) is 6.69. The summed E-state index contributed by atoms with van der Waals surface area (Å²) in [6.07, 6.45) is 2.51. The molecule has 1 amide bonds. The van der Waals surface area contributed by atoms with Crippen LogP contribution in [0.2, 0.25) is 0 Å². The van der Waals surface area contributed by atoms with Crippen LogP contribution < -0.4 is 5.32 Å². The van der Waals surface area contributed by atoms with Crippen molar-refractivity contribution in [3.8, 4) is 0 Å². The highest BCUT2D eigenvalue weighted by Gasteiger charge is 2.73. The number of hydrogen-bond acceptors (Lipinski definition) is 3. The van der Waals surface area contributed by atoms with Gasteiger partial charge in [0, 0.05) is 12.1 Å². The van der Waals surface area contributed by atoms with Crippen LogP contribution in [0.5, 0.6) is 0 Å². The third-order valence-electron chi connectivity index (χ3n) is 4.44. The summed E-state index contributed by atoms with van der Waals surface area (Å²) in [5.41, 5.74) is -0.221. The van der Waals surface area contributed by atoms with Gasteiger partial charge in [0.25, 0.3) is 0 Å². The molecule has 0 aromatic rings. The largest absolute Gasteiger partial charge is 0.444 e. The van der Waals surface area contributed by atoms with Gasteiger partial charge in [0.15, 0.2) is 0 Å². The fraction of sp³-hybridized carbons (Fsp3) is 0.923. The minimum Gasteiger partial charge on any atom is -0.444 e. The molecule has 3 saturated carbocycles. The van der Waals surface area contributed by atoms with E-state index < -0.39 is 5.60 Å². The number of ether oxygens (including phenoxy) is 1. The van der Waals surface area contributed by atoms with Crippen molar-refractivity contribution >= 4 is 6.09 Å². The van der Waals surface area contributed by atoms with Crippen LogP contribution in [0.15, 0.2) is 0 Å². The highest BCUT2D eigenvalue weighted by molar-refractivity contribution is 5.70. The Labute approximate surface area is 103 Å². The number of aliphatic hydroxyl groups is 1. The Hall–Kier alpha value is -0.770. The number of amides is 1. The van der Waals surface area contributed by atoms with Gasteiger partial charge < -0.3 is 15.2 Å². The van der Waals surface area contributed by atoms with Crippen LogP contribution in [-0.2, 0) is 4.74 Å². The van der Waals surface area contributed by atoms with Gasteiger partial charge in [-0.3, -0.25) is 0 Å². The average Bonchev–Trinajstić information content (AvgIpc) is 2.12. The molecule has 0 spiro atoms. The minimum atomic E-state index is -0.445. The number of carbonyl (C=O) groups excluding carboxylic acids is 1. The zero-order valence-electron chi connectivity index (χ0n) is 11.2. The molecule has 3 fully saturated rings. The SMILES string of the molecule is C[C@H]1C2(CCO)CC1(NC(=O)OC(C)(C)C)C2. The van der Waals surface area contributed by atoms with Crippen molar-refractivity contribution in [3.05, 3.63) is 0 Å². The first-order valence-corrected chi connectivity index (χ1v) is 6.35. The molecule has 2 bridgehead atoms. The molecule has 0 unspecified atom stereocenters. The maximum absolute atomic E-state index is 11.7. The fourth-order valence-electron chi connectivity index (χ4n) is 3.46. The van der Waals surface area contributed by atoms with Crippen LogP contribution >= 0.6 is 0 Å². The van der Waals surface area contributed by atoms with Crippen LogP contribution in [0.1, 0.15) is 47.0 Å². The predicted molar refractivity (Wildman–Crippen MR) is 64.6 cm³/mol. The molecule has 0 heterocycles. The van der Waals surface area contributed by atoms with Gasteiger partial charge in [0.2, 0.25) is 0 Å². The molecule has 2 N–H and O–H groups in total. The van der Waals surface area contributed by atoms with Crippen molar-refractivity contribution in [1.29, 1.82) is 0 Å². The Kier molecular flexibility index (Phi) is 2.69. The predicted octanol–water partition coefficient (Wildman–Crippen LogP) is 2.06. The molecular formula is C13H23NO3. The number of alkyl carbamates (subject to hydrolysis) is 1. The summed E-state index contributed by atoms with van der Waals surface area (Å²) in [6, 6.07) is 0. The zero-order chi connectivity index (χ0) is 12.9. The molecular weight excluding hydrogens is 218 g/mol. The molecule has 4 heteroatoms. The quantitative estimate of drug-likeness (QED) is 0.795. The summed E-state index contributed by atoms with van der Waals surface area (Å²) < 4.78 is 5.28. The Balaban J connectivity index is 1.86. The standard InChI is InChI=1S/C13H23NO3/c1-9-12(5-6-15)7-13(9,8-12)14-10(16)17-11(2,3)4/h9,15H,5-8H2,1-4H3,(H,14,16)/t9-,12?,13?/m0/s1. The maximum Gasteiger partial charge on any atom is 0.408 e. The molecule has 3 aliphatic carbocycles. The van der Waals surface area contributed by atoms with E-state index in [0.717, 1.165) is 19.3 Å². The van der Waals surface area contributed by atoms with E-state index >= 15 is 0 Å². The van der Waals surface area contributed by atoms with E-state index in [2.05, 4.69) is 12.2 Å². The number of aliphatic hydroxyl groups excluding tert-OH is 1. The molecule has 0 aliphatic heterocycles. The smallest absolute Gasteiger partial charge is 0.408 e. The lowest BCUT2D eigenvalue weighted by atomic mass is 9.32. The fourth-order valence-corrected chi connectivity index (χ4v) is 3.46. The first-order valence-electron chi connectivity index (χ1n) is 6.35. The average molecular weight is 241 g/mol. The van der Waals surface area contributed by atoms with Crippen LogP contribution in [0, 0.1) is 11.3 Å². The summed E-state index contributed by atoms with van der Waals surface area (Å²) in [6.45, 7) is 7.99. The molecule has 0 saturated heterocycles. The lowest BCUT2D eigenvalue weighted by molar-refractivity contribution is -0.225. The van der Waals surface area contributed by atoms with Gasteiger partial charge in [0.1, 0.15) is 5.60 Å². The van der Waals surface area contributed by atoms with Gasteiger partial charge in [0.05, 0.1) is 0 Å². The molecule has 1 atom stereocenters. The van der Waals surface area contributed by atoms with E-state index in [9.17, 15) is 4.79 Å². The van der Waals surface area contributed by atoms with Crippen molar-refractivity contribution in [3.63, 3.8) is 0 Å². The van der Waals surface area contributed by atoms with Crippen LogP contribution in [0.3, 0.4) is 0 Å².